The third-order valence-corrected chi connectivity index (χ3v) is 14.2. The van der Waals surface area contributed by atoms with Crippen LogP contribution < -0.4 is 5.73 Å². The van der Waals surface area contributed by atoms with Crippen LogP contribution in [0.4, 0.5) is 0 Å². The highest BCUT2D eigenvalue weighted by molar-refractivity contribution is 7.90. The summed E-state index contributed by atoms with van der Waals surface area (Å²) in [6, 6.07) is 43.7. The first-order chi connectivity index (χ1) is 26.2. The zero-order valence-corrected chi connectivity index (χ0v) is 33.2. The maximum absolute atomic E-state index is 15.9. The van der Waals surface area contributed by atoms with Crippen molar-refractivity contribution in [1.82, 2.24) is 8.61 Å². The van der Waals surface area contributed by atoms with Gasteiger partial charge >= 0.3 is 0 Å². The number of amides is 1. The Kier molecular flexibility index (Phi) is 13.8. The van der Waals surface area contributed by atoms with E-state index in [9.17, 15) is 18.3 Å². The fraction of sp³-hybridized carbons (Fsp3) is 0.295. The Labute approximate surface area is 326 Å². The van der Waals surface area contributed by atoms with E-state index in [0.717, 1.165) is 0 Å². The van der Waals surface area contributed by atoms with Gasteiger partial charge in [0.15, 0.2) is 0 Å². The second-order valence-electron chi connectivity index (χ2n) is 14.5. The number of benzene rings is 5. The topological polar surface area (TPSA) is 138 Å². The van der Waals surface area contributed by atoms with Crippen LogP contribution in [-0.4, -0.2) is 60.4 Å². The number of hydrogen-bond acceptors (Lipinski definition) is 6. The molecule has 0 aliphatic rings. The summed E-state index contributed by atoms with van der Waals surface area (Å²) in [6.07, 6.45) is -0.514. The standard InChI is InChI=1S/C44H51N3O6S2/c1-34(2)32-46(54(50,51)40-27-17-8-18-28-40)30-29-44(49,31-36-19-9-4-10-20-36)42(35(3)43(45)48)55(52,53)47(33-37-21-11-5-12-22-37)41(38-23-13-6-14-24-38)39-25-15-7-16-26-39/h4-28,34-35,41-42,49H,29-33H2,1-3H3,(H2,45,48)/t35?,42?,44-/m0/s1. The lowest BCUT2D eigenvalue weighted by molar-refractivity contribution is -0.123. The molecule has 5 rings (SSSR count). The van der Waals surface area contributed by atoms with Gasteiger partial charge in [-0.25, -0.2) is 16.8 Å². The molecule has 0 saturated heterocycles. The maximum atomic E-state index is 15.9. The number of hydrogen-bond donors (Lipinski definition) is 2. The molecule has 1 amide bonds. The Morgan fingerprint density at radius 1 is 0.673 bits per heavy atom. The molecule has 0 fully saturated rings. The van der Waals surface area contributed by atoms with E-state index in [4.69, 9.17) is 5.73 Å². The summed E-state index contributed by atoms with van der Waals surface area (Å²) >= 11 is 0. The van der Waals surface area contributed by atoms with Crippen molar-refractivity contribution in [2.45, 2.75) is 61.9 Å². The number of nitrogens with two attached hydrogens (primary N) is 1. The van der Waals surface area contributed by atoms with Crippen LogP contribution in [0.5, 0.6) is 0 Å². The Bertz CT molecular complexity index is 2140. The van der Waals surface area contributed by atoms with Crippen molar-refractivity contribution < 1.29 is 26.7 Å². The summed E-state index contributed by atoms with van der Waals surface area (Å²) in [5, 5.41) is 11.4. The van der Waals surface area contributed by atoms with Crippen molar-refractivity contribution in [3.8, 4) is 0 Å². The highest BCUT2D eigenvalue weighted by Crippen LogP contribution is 2.40. The fourth-order valence-corrected chi connectivity index (χ4v) is 11.4. The van der Waals surface area contributed by atoms with Crippen molar-refractivity contribution >= 4 is 26.0 Å². The fourth-order valence-electron chi connectivity index (χ4n) is 7.24. The van der Waals surface area contributed by atoms with Gasteiger partial charge in [0.1, 0.15) is 5.25 Å². The Balaban J connectivity index is 1.72. The molecule has 11 heteroatoms. The summed E-state index contributed by atoms with van der Waals surface area (Å²) < 4.78 is 62.6. The van der Waals surface area contributed by atoms with Crippen LogP contribution in [0.3, 0.4) is 0 Å². The van der Waals surface area contributed by atoms with E-state index in [1.807, 2.05) is 111 Å². The molecular weight excluding hydrogens is 731 g/mol. The molecule has 3 N–H and O–H groups in total. The van der Waals surface area contributed by atoms with E-state index in [0.29, 0.717) is 22.3 Å². The molecule has 3 atom stereocenters. The molecule has 5 aromatic carbocycles. The van der Waals surface area contributed by atoms with Crippen LogP contribution in [0.2, 0.25) is 0 Å². The highest BCUT2D eigenvalue weighted by Gasteiger charge is 2.53. The van der Waals surface area contributed by atoms with Gasteiger partial charge < -0.3 is 10.8 Å². The van der Waals surface area contributed by atoms with Gasteiger partial charge in [0.2, 0.25) is 26.0 Å². The van der Waals surface area contributed by atoms with Gasteiger partial charge in [-0.2, -0.15) is 8.61 Å². The van der Waals surface area contributed by atoms with Crippen LogP contribution in [0, 0.1) is 11.8 Å². The average molecular weight is 782 g/mol. The molecule has 2 unspecified atom stereocenters. The smallest absolute Gasteiger partial charge is 0.243 e. The Hall–Kier alpha value is -4.65. The predicted octanol–water partition coefficient (Wildman–Crippen LogP) is 6.81. The third kappa shape index (κ3) is 10.2. The van der Waals surface area contributed by atoms with E-state index in [2.05, 4.69) is 0 Å². The Morgan fingerprint density at radius 3 is 1.56 bits per heavy atom. The summed E-state index contributed by atoms with van der Waals surface area (Å²) in [5.41, 5.74) is 6.48. The minimum atomic E-state index is -4.72. The number of rotatable bonds is 19. The molecular formula is C44H51N3O6S2. The van der Waals surface area contributed by atoms with Crippen molar-refractivity contribution in [3.05, 3.63) is 174 Å². The second kappa shape index (κ2) is 18.3. The van der Waals surface area contributed by atoms with Crippen LogP contribution in [-0.2, 0) is 37.8 Å². The van der Waals surface area contributed by atoms with Gasteiger partial charge in [-0.3, -0.25) is 4.79 Å². The van der Waals surface area contributed by atoms with Crippen molar-refractivity contribution in [2.24, 2.45) is 17.6 Å². The zero-order chi connectivity index (χ0) is 39.6. The van der Waals surface area contributed by atoms with Crippen molar-refractivity contribution in [3.63, 3.8) is 0 Å². The number of aliphatic hydroxyl groups is 1. The zero-order valence-electron chi connectivity index (χ0n) is 31.6. The molecule has 0 aromatic heterocycles. The predicted molar refractivity (Wildman–Crippen MR) is 218 cm³/mol. The molecule has 290 valence electrons. The molecule has 5 aromatic rings. The van der Waals surface area contributed by atoms with E-state index in [1.165, 1.54) is 27.7 Å². The van der Waals surface area contributed by atoms with Crippen LogP contribution in [0.1, 0.15) is 55.5 Å². The molecule has 0 aliphatic carbocycles. The number of carbonyl (C=O) groups is 1. The van der Waals surface area contributed by atoms with Crippen molar-refractivity contribution in [1.29, 1.82) is 0 Å². The van der Waals surface area contributed by atoms with E-state index in [-0.39, 0.29) is 43.3 Å². The van der Waals surface area contributed by atoms with E-state index in [1.54, 1.807) is 42.5 Å². The first kappa shape index (κ1) is 41.5. The van der Waals surface area contributed by atoms with E-state index >= 15 is 8.42 Å². The van der Waals surface area contributed by atoms with Crippen LogP contribution >= 0.6 is 0 Å². The minimum Gasteiger partial charge on any atom is -0.388 e. The van der Waals surface area contributed by atoms with Crippen LogP contribution in [0.25, 0.3) is 0 Å². The summed E-state index contributed by atoms with van der Waals surface area (Å²) in [6.45, 7) is 5.00. The van der Waals surface area contributed by atoms with Gasteiger partial charge in [0.25, 0.3) is 0 Å². The van der Waals surface area contributed by atoms with Crippen LogP contribution in [0.15, 0.2) is 157 Å². The lowest BCUT2D eigenvalue weighted by Gasteiger charge is -2.43. The lowest BCUT2D eigenvalue weighted by atomic mass is 9.82. The summed E-state index contributed by atoms with van der Waals surface area (Å²) in [5.74, 6) is -2.40. The monoisotopic (exact) mass is 781 g/mol. The molecule has 0 spiro atoms. The van der Waals surface area contributed by atoms with Gasteiger partial charge in [-0.05, 0) is 46.7 Å². The first-order valence-electron chi connectivity index (χ1n) is 18.5. The van der Waals surface area contributed by atoms with E-state index < -0.39 is 48.8 Å². The number of nitrogens with zero attached hydrogens (tertiary/aromatic N) is 2. The third-order valence-electron chi connectivity index (χ3n) is 9.88. The second-order valence-corrected chi connectivity index (χ2v) is 18.4. The number of carbonyl (C=O) groups excluding carboxylic acids is 1. The molecule has 0 saturated carbocycles. The first-order valence-corrected chi connectivity index (χ1v) is 21.4. The summed E-state index contributed by atoms with van der Waals surface area (Å²) in [7, 11) is -8.78. The molecule has 0 heterocycles. The number of sulfonamides is 2. The minimum absolute atomic E-state index is 0.0829. The summed E-state index contributed by atoms with van der Waals surface area (Å²) in [4.78, 5) is 13.4. The van der Waals surface area contributed by atoms with Gasteiger partial charge in [0.05, 0.1) is 22.5 Å². The molecule has 0 aliphatic heterocycles. The average Bonchev–Trinajstić information content (AvgIpc) is 3.18. The quantitative estimate of drug-likeness (QED) is 0.0945. The van der Waals surface area contributed by atoms with Crippen molar-refractivity contribution in [2.75, 3.05) is 13.1 Å². The largest absolute Gasteiger partial charge is 0.388 e. The Morgan fingerprint density at radius 2 is 1.11 bits per heavy atom. The maximum Gasteiger partial charge on any atom is 0.243 e. The number of primary amides is 1. The SMILES string of the molecule is CC(C)CN(CC[C@](O)(Cc1ccccc1)C(C(C)C(N)=O)S(=O)(=O)N(Cc1ccccc1)C(c1ccccc1)c1ccccc1)S(=O)(=O)c1ccccc1. The van der Waals surface area contributed by atoms with Gasteiger partial charge in [-0.1, -0.05) is 160 Å². The molecule has 0 radical (unpaired) electrons. The normalized spacial score (nSPS) is 14.5. The van der Waals surface area contributed by atoms with Gasteiger partial charge in [-0.15, -0.1) is 0 Å². The highest BCUT2D eigenvalue weighted by atomic mass is 32.2. The molecule has 55 heavy (non-hydrogen) atoms. The molecule has 0 bridgehead atoms. The van der Waals surface area contributed by atoms with Gasteiger partial charge in [0, 0.05) is 26.1 Å². The molecule has 9 nitrogen and oxygen atoms in total. The lowest BCUT2D eigenvalue weighted by Crippen LogP contribution is -2.59.